The van der Waals surface area contributed by atoms with Crippen LogP contribution in [0.2, 0.25) is 0 Å². The zero-order chi connectivity index (χ0) is 22.8. The minimum Gasteiger partial charge on any atom is -0.345 e. The zero-order valence-electron chi connectivity index (χ0n) is 17.7. The number of nitro groups is 1. The molecule has 9 nitrogen and oxygen atoms in total. The molecule has 31 heavy (non-hydrogen) atoms. The van der Waals surface area contributed by atoms with Crippen LogP contribution in [0.25, 0.3) is 0 Å². The summed E-state index contributed by atoms with van der Waals surface area (Å²) in [5.41, 5.74) is 2.43. The van der Waals surface area contributed by atoms with Gasteiger partial charge < -0.3 is 4.57 Å². The number of nitrogens with zero attached hydrogens (tertiary/aromatic N) is 4. The fraction of sp³-hybridized carbons (Fsp3) is 0.381. The summed E-state index contributed by atoms with van der Waals surface area (Å²) in [4.78, 5) is 25.0. The first-order chi connectivity index (χ1) is 14.6. The molecule has 2 heterocycles. The van der Waals surface area contributed by atoms with E-state index in [1.165, 1.54) is 28.6 Å². The fourth-order valence-corrected chi connectivity index (χ4v) is 5.22. The Bertz CT molecular complexity index is 1100. The molecule has 0 aliphatic carbocycles. The minimum absolute atomic E-state index is 0.00934. The largest absolute Gasteiger partial charge is 0.345 e. The van der Waals surface area contributed by atoms with E-state index >= 15 is 0 Å². The van der Waals surface area contributed by atoms with E-state index in [0.29, 0.717) is 25.2 Å². The van der Waals surface area contributed by atoms with Crippen molar-refractivity contribution >= 4 is 21.5 Å². The van der Waals surface area contributed by atoms with Crippen molar-refractivity contribution in [2.24, 2.45) is 0 Å². The van der Waals surface area contributed by atoms with Gasteiger partial charge in [0.2, 0.25) is 10.0 Å². The van der Waals surface area contributed by atoms with Gasteiger partial charge in [0.05, 0.1) is 16.4 Å². The highest BCUT2D eigenvalue weighted by Crippen LogP contribution is 2.21. The SMILES string of the molecule is C=CCn1c(C)cc(C(=O)CN2CCN(S(=O)(=O)c3ccc([N+](=O)[O-])cc3)CC2)c1C. The number of sulfonamides is 1. The highest BCUT2D eigenvalue weighted by molar-refractivity contribution is 7.89. The number of benzene rings is 1. The van der Waals surface area contributed by atoms with Crippen molar-refractivity contribution in [3.05, 3.63) is 70.1 Å². The van der Waals surface area contributed by atoms with E-state index in [0.717, 1.165) is 11.4 Å². The number of hydrogen-bond acceptors (Lipinski definition) is 6. The third-order valence-corrected chi connectivity index (χ3v) is 7.48. The number of non-ortho nitro benzene ring substituents is 1. The number of carbonyl (C=O) groups is 1. The molecule has 10 heteroatoms. The van der Waals surface area contributed by atoms with Gasteiger partial charge in [-0.05, 0) is 32.0 Å². The number of piperazine rings is 1. The third-order valence-electron chi connectivity index (χ3n) is 5.57. The number of ketones is 1. The van der Waals surface area contributed by atoms with E-state index in [2.05, 4.69) is 6.58 Å². The van der Waals surface area contributed by atoms with Crippen LogP contribution < -0.4 is 0 Å². The van der Waals surface area contributed by atoms with Crippen LogP contribution in [-0.4, -0.2) is 65.6 Å². The Morgan fingerprint density at radius 3 is 2.32 bits per heavy atom. The Morgan fingerprint density at radius 1 is 1.16 bits per heavy atom. The third kappa shape index (κ3) is 4.76. The van der Waals surface area contributed by atoms with Crippen molar-refractivity contribution in [1.82, 2.24) is 13.8 Å². The second-order valence-corrected chi connectivity index (χ2v) is 9.48. The number of aromatic nitrogens is 1. The smallest absolute Gasteiger partial charge is 0.269 e. The molecule has 0 bridgehead atoms. The molecule has 1 saturated heterocycles. The Hall–Kier alpha value is -2.82. The predicted octanol–water partition coefficient (Wildman–Crippen LogP) is 2.39. The van der Waals surface area contributed by atoms with E-state index in [4.69, 9.17) is 0 Å². The van der Waals surface area contributed by atoms with Gasteiger partial charge in [-0.3, -0.25) is 19.8 Å². The summed E-state index contributed by atoms with van der Waals surface area (Å²) < 4.78 is 29.0. The number of aryl methyl sites for hydroxylation is 1. The van der Waals surface area contributed by atoms with E-state index in [1.807, 2.05) is 29.4 Å². The molecule has 1 aromatic carbocycles. The van der Waals surface area contributed by atoms with Gasteiger partial charge in [0.25, 0.3) is 5.69 Å². The molecular formula is C21H26N4O5S. The van der Waals surface area contributed by atoms with E-state index in [-0.39, 0.29) is 36.0 Å². The summed E-state index contributed by atoms with van der Waals surface area (Å²) in [7, 11) is -3.74. The number of nitro benzene ring substituents is 1. The van der Waals surface area contributed by atoms with Gasteiger partial charge >= 0.3 is 0 Å². The van der Waals surface area contributed by atoms with Crippen molar-refractivity contribution in [2.75, 3.05) is 32.7 Å². The van der Waals surface area contributed by atoms with Crippen LogP contribution in [0.5, 0.6) is 0 Å². The number of hydrogen-bond donors (Lipinski definition) is 0. The van der Waals surface area contributed by atoms with Gasteiger partial charge in [-0.25, -0.2) is 8.42 Å². The Morgan fingerprint density at radius 2 is 1.77 bits per heavy atom. The van der Waals surface area contributed by atoms with Crippen LogP contribution in [0.3, 0.4) is 0 Å². The molecule has 1 fully saturated rings. The minimum atomic E-state index is -3.74. The molecule has 1 aliphatic heterocycles. The van der Waals surface area contributed by atoms with Crippen molar-refractivity contribution < 1.29 is 18.1 Å². The van der Waals surface area contributed by atoms with E-state index in [1.54, 1.807) is 6.08 Å². The Labute approximate surface area is 181 Å². The fourth-order valence-electron chi connectivity index (χ4n) is 3.80. The van der Waals surface area contributed by atoms with Crippen LogP contribution >= 0.6 is 0 Å². The van der Waals surface area contributed by atoms with Gasteiger partial charge in [0.15, 0.2) is 5.78 Å². The maximum atomic E-state index is 12.8. The normalized spacial score (nSPS) is 15.7. The van der Waals surface area contributed by atoms with Gasteiger partial charge in [-0.2, -0.15) is 4.31 Å². The predicted molar refractivity (Wildman–Crippen MR) is 117 cm³/mol. The van der Waals surface area contributed by atoms with Gasteiger partial charge in [0, 0.05) is 61.8 Å². The number of Topliss-reactive ketones (excluding diaryl/α,β-unsaturated/α-hetero) is 1. The van der Waals surface area contributed by atoms with Crippen molar-refractivity contribution in [3.63, 3.8) is 0 Å². The molecule has 2 aromatic rings. The molecule has 166 valence electrons. The molecule has 0 atom stereocenters. The van der Waals surface area contributed by atoms with Crippen LogP contribution in [-0.2, 0) is 16.6 Å². The van der Waals surface area contributed by atoms with Gasteiger partial charge in [-0.15, -0.1) is 6.58 Å². The van der Waals surface area contributed by atoms with Crippen LogP contribution in [0.15, 0.2) is 47.9 Å². The molecule has 0 amide bonds. The number of allylic oxidation sites excluding steroid dienone is 1. The molecule has 0 unspecified atom stereocenters. The standard InChI is InChI=1S/C21H26N4O5S/c1-4-9-24-16(2)14-20(17(24)3)21(26)15-22-10-12-23(13-11-22)31(29,30)19-7-5-18(6-8-19)25(27)28/h4-8,14H,1,9-13,15H2,2-3H3. The average molecular weight is 447 g/mol. The first-order valence-electron chi connectivity index (χ1n) is 9.93. The van der Waals surface area contributed by atoms with Crippen LogP contribution in [0, 0.1) is 24.0 Å². The highest BCUT2D eigenvalue weighted by atomic mass is 32.2. The first kappa shape index (κ1) is 22.9. The van der Waals surface area contributed by atoms with Gasteiger partial charge in [-0.1, -0.05) is 6.08 Å². The summed E-state index contributed by atoms with van der Waals surface area (Å²) in [6.45, 7) is 9.86. The lowest BCUT2D eigenvalue weighted by molar-refractivity contribution is -0.384. The first-order valence-corrected chi connectivity index (χ1v) is 11.4. The molecule has 1 aromatic heterocycles. The highest BCUT2D eigenvalue weighted by Gasteiger charge is 2.30. The van der Waals surface area contributed by atoms with Gasteiger partial charge in [0.1, 0.15) is 0 Å². The van der Waals surface area contributed by atoms with Crippen LogP contribution in [0.4, 0.5) is 5.69 Å². The Kier molecular flexibility index (Phi) is 6.73. The summed E-state index contributed by atoms with van der Waals surface area (Å²) in [6, 6.07) is 6.76. The Balaban J connectivity index is 1.63. The molecule has 0 spiro atoms. The van der Waals surface area contributed by atoms with Crippen molar-refractivity contribution in [3.8, 4) is 0 Å². The lowest BCUT2D eigenvalue weighted by Crippen LogP contribution is -2.49. The zero-order valence-corrected chi connectivity index (χ0v) is 18.5. The number of carbonyl (C=O) groups excluding carboxylic acids is 1. The lowest BCUT2D eigenvalue weighted by atomic mass is 10.1. The monoisotopic (exact) mass is 446 g/mol. The molecule has 0 radical (unpaired) electrons. The maximum absolute atomic E-state index is 12.8. The quantitative estimate of drug-likeness (QED) is 0.267. The summed E-state index contributed by atoms with van der Waals surface area (Å²) in [6.07, 6.45) is 1.79. The maximum Gasteiger partial charge on any atom is 0.269 e. The van der Waals surface area contributed by atoms with E-state index in [9.17, 15) is 23.3 Å². The summed E-state index contributed by atoms with van der Waals surface area (Å²) in [5, 5.41) is 10.8. The summed E-state index contributed by atoms with van der Waals surface area (Å²) in [5.74, 6) is 0.00934. The van der Waals surface area contributed by atoms with Crippen LogP contribution in [0.1, 0.15) is 21.7 Å². The molecule has 0 saturated carbocycles. The molecule has 1 aliphatic rings. The molecule has 3 rings (SSSR count). The molecule has 0 N–H and O–H groups in total. The second kappa shape index (κ2) is 9.13. The molecular weight excluding hydrogens is 420 g/mol. The summed E-state index contributed by atoms with van der Waals surface area (Å²) >= 11 is 0. The van der Waals surface area contributed by atoms with Crippen molar-refractivity contribution in [1.29, 1.82) is 0 Å². The van der Waals surface area contributed by atoms with E-state index < -0.39 is 14.9 Å². The van der Waals surface area contributed by atoms with Crippen molar-refractivity contribution in [2.45, 2.75) is 25.3 Å². The second-order valence-electron chi connectivity index (χ2n) is 7.54. The average Bonchev–Trinajstić information content (AvgIpc) is 3.03. The lowest BCUT2D eigenvalue weighted by Gasteiger charge is -2.33. The number of rotatable bonds is 8. The topological polar surface area (TPSA) is 106 Å².